The van der Waals surface area contributed by atoms with Crippen LogP contribution < -0.4 is 5.32 Å². The van der Waals surface area contributed by atoms with E-state index in [0.717, 1.165) is 27.8 Å². The summed E-state index contributed by atoms with van der Waals surface area (Å²) in [4.78, 5) is 34.0. The molecule has 0 unspecified atom stereocenters. The van der Waals surface area contributed by atoms with E-state index in [2.05, 4.69) is 36.3 Å². The maximum absolute atomic E-state index is 12.7. The van der Waals surface area contributed by atoms with Gasteiger partial charge in [-0.3, -0.25) is 19.7 Å². The largest absolute Gasteiger partial charge is 0.323 e. The Bertz CT molecular complexity index is 1540. The Balaban J connectivity index is 1.39. The predicted octanol–water partition coefficient (Wildman–Crippen LogP) is 3.77. The van der Waals surface area contributed by atoms with E-state index in [1.165, 1.54) is 6.20 Å². The number of carbonyl (C=O) groups is 1. The zero-order chi connectivity index (χ0) is 23.5. The third-order valence-electron chi connectivity index (χ3n) is 5.30. The standard InChI is InChI=1S/C25H18N8O/c1-16-10-17(4-6-28-16)24-19(11-26)13-31-25-20(24)5-9-33(25)15-23(34)32-22-3-2-18(12-30-22)21-14-27-7-8-29-21/h2-10,12-14H,15H2,1H3,(H,30,32,34). The van der Waals surface area contributed by atoms with Gasteiger partial charge >= 0.3 is 0 Å². The Hall–Kier alpha value is -4.97. The highest BCUT2D eigenvalue weighted by atomic mass is 16.2. The van der Waals surface area contributed by atoms with Crippen LogP contribution in [0, 0.1) is 18.3 Å². The third kappa shape index (κ3) is 4.08. The SMILES string of the molecule is Cc1cc(-c2c(C#N)cnc3c2ccn3CC(=O)Nc2ccc(-c3cnccn3)cn2)ccn1. The van der Waals surface area contributed by atoms with Crippen LogP contribution in [-0.4, -0.2) is 35.4 Å². The minimum Gasteiger partial charge on any atom is -0.323 e. The molecule has 0 bridgehead atoms. The van der Waals surface area contributed by atoms with Gasteiger partial charge in [0.2, 0.25) is 5.91 Å². The number of nitrogens with zero attached hydrogens (tertiary/aromatic N) is 7. The minimum absolute atomic E-state index is 0.0464. The molecule has 5 aromatic heterocycles. The average Bonchev–Trinajstić information content (AvgIpc) is 3.26. The molecule has 0 saturated carbocycles. The van der Waals surface area contributed by atoms with E-state index < -0.39 is 0 Å². The average molecular weight is 446 g/mol. The Morgan fingerprint density at radius 1 is 1.00 bits per heavy atom. The van der Waals surface area contributed by atoms with Crippen LogP contribution in [0.5, 0.6) is 0 Å². The number of hydrogen-bond acceptors (Lipinski definition) is 7. The smallest absolute Gasteiger partial charge is 0.245 e. The van der Waals surface area contributed by atoms with Crippen molar-refractivity contribution in [1.29, 1.82) is 5.26 Å². The zero-order valence-corrected chi connectivity index (χ0v) is 18.2. The maximum Gasteiger partial charge on any atom is 0.245 e. The van der Waals surface area contributed by atoms with Gasteiger partial charge < -0.3 is 9.88 Å². The Labute approximate surface area is 194 Å². The molecule has 0 saturated heterocycles. The number of carbonyl (C=O) groups excluding carboxylic acids is 1. The lowest BCUT2D eigenvalue weighted by Crippen LogP contribution is -2.19. The molecule has 0 spiro atoms. The second kappa shape index (κ2) is 8.88. The molecule has 9 heteroatoms. The lowest BCUT2D eigenvalue weighted by molar-refractivity contribution is -0.116. The predicted molar refractivity (Wildman–Crippen MR) is 126 cm³/mol. The molecule has 5 rings (SSSR count). The first-order valence-electron chi connectivity index (χ1n) is 10.5. The summed E-state index contributed by atoms with van der Waals surface area (Å²) < 4.78 is 1.75. The van der Waals surface area contributed by atoms with Gasteiger partial charge in [0.05, 0.1) is 17.5 Å². The molecule has 1 N–H and O–H groups in total. The van der Waals surface area contributed by atoms with Crippen molar-refractivity contribution in [3.63, 3.8) is 0 Å². The first-order valence-corrected chi connectivity index (χ1v) is 10.5. The van der Waals surface area contributed by atoms with Crippen LogP contribution in [0.3, 0.4) is 0 Å². The minimum atomic E-state index is -0.246. The molecule has 0 fully saturated rings. The van der Waals surface area contributed by atoms with Crippen molar-refractivity contribution in [2.24, 2.45) is 0 Å². The molecule has 0 aliphatic rings. The number of aryl methyl sites for hydroxylation is 1. The van der Waals surface area contributed by atoms with Crippen LogP contribution in [0.4, 0.5) is 5.82 Å². The van der Waals surface area contributed by atoms with Gasteiger partial charge in [-0.15, -0.1) is 0 Å². The van der Waals surface area contributed by atoms with E-state index >= 15 is 0 Å². The number of nitrogens with one attached hydrogen (secondary N) is 1. The number of rotatable bonds is 5. The molecule has 164 valence electrons. The van der Waals surface area contributed by atoms with E-state index in [1.54, 1.807) is 47.8 Å². The first-order chi connectivity index (χ1) is 16.6. The summed E-state index contributed by atoms with van der Waals surface area (Å²) >= 11 is 0. The van der Waals surface area contributed by atoms with Crippen LogP contribution in [0.1, 0.15) is 11.3 Å². The molecule has 5 heterocycles. The van der Waals surface area contributed by atoms with Crippen LogP contribution in [0.2, 0.25) is 0 Å². The van der Waals surface area contributed by atoms with Crippen molar-refractivity contribution in [2.75, 3.05) is 5.32 Å². The summed E-state index contributed by atoms with van der Waals surface area (Å²) in [6.45, 7) is 1.95. The normalized spacial score (nSPS) is 10.7. The molecule has 0 radical (unpaired) electrons. The second-order valence-corrected chi connectivity index (χ2v) is 7.60. The van der Waals surface area contributed by atoms with Crippen LogP contribution in [0.25, 0.3) is 33.4 Å². The number of hydrogen-bond donors (Lipinski definition) is 1. The topological polar surface area (TPSA) is 122 Å². The second-order valence-electron chi connectivity index (χ2n) is 7.60. The van der Waals surface area contributed by atoms with E-state index in [1.807, 2.05) is 31.2 Å². The van der Waals surface area contributed by atoms with Gasteiger partial charge in [-0.2, -0.15) is 5.26 Å². The van der Waals surface area contributed by atoms with Crippen molar-refractivity contribution >= 4 is 22.8 Å². The fraction of sp³-hybridized carbons (Fsp3) is 0.0800. The summed E-state index contributed by atoms with van der Waals surface area (Å²) in [6, 6.07) is 11.4. The zero-order valence-electron chi connectivity index (χ0n) is 18.2. The van der Waals surface area contributed by atoms with E-state index in [4.69, 9.17) is 0 Å². The highest BCUT2D eigenvalue weighted by molar-refractivity contribution is 5.97. The molecule has 5 aromatic rings. The van der Waals surface area contributed by atoms with Gasteiger partial charge in [-0.1, -0.05) is 0 Å². The van der Waals surface area contributed by atoms with Gasteiger partial charge in [0, 0.05) is 59.4 Å². The van der Waals surface area contributed by atoms with Gasteiger partial charge in [-0.25, -0.2) is 9.97 Å². The van der Waals surface area contributed by atoms with Gasteiger partial charge in [0.15, 0.2) is 0 Å². The van der Waals surface area contributed by atoms with E-state index in [0.29, 0.717) is 22.7 Å². The Kier molecular flexibility index (Phi) is 5.46. The van der Waals surface area contributed by atoms with Gasteiger partial charge in [-0.05, 0) is 42.8 Å². The molecular weight excluding hydrogens is 428 g/mol. The number of anilines is 1. The van der Waals surface area contributed by atoms with Gasteiger partial charge in [0.1, 0.15) is 24.1 Å². The van der Waals surface area contributed by atoms with Crippen LogP contribution in [0.15, 0.2) is 73.7 Å². The Morgan fingerprint density at radius 2 is 1.91 bits per heavy atom. The molecule has 0 aliphatic heterocycles. The first kappa shape index (κ1) is 20.9. The fourth-order valence-electron chi connectivity index (χ4n) is 3.77. The monoisotopic (exact) mass is 446 g/mol. The van der Waals surface area contributed by atoms with Crippen molar-refractivity contribution in [3.05, 3.63) is 85.0 Å². The molecule has 9 nitrogen and oxygen atoms in total. The van der Waals surface area contributed by atoms with Crippen LogP contribution in [-0.2, 0) is 11.3 Å². The van der Waals surface area contributed by atoms with Crippen molar-refractivity contribution in [2.45, 2.75) is 13.5 Å². The van der Waals surface area contributed by atoms with Crippen molar-refractivity contribution < 1.29 is 4.79 Å². The molecule has 34 heavy (non-hydrogen) atoms. The number of aromatic nitrogens is 6. The van der Waals surface area contributed by atoms with Crippen LogP contribution >= 0.6 is 0 Å². The highest BCUT2D eigenvalue weighted by Crippen LogP contribution is 2.31. The lowest BCUT2D eigenvalue weighted by Gasteiger charge is -2.09. The number of amides is 1. The van der Waals surface area contributed by atoms with E-state index in [-0.39, 0.29) is 12.5 Å². The lowest BCUT2D eigenvalue weighted by atomic mass is 9.99. The Morgan fingerprint density at radius 3 is 2.65 bits per heavy atom. The maximum atomic E-state index is 12.7. The molecule has 0 atom stereocenters. The third-order valence-corrected chi connectivity index (χ3v) is 5.30. The summed E-state index contributed by atoms with van der Waals surface area (Å²) in [5.74, 6) is 0.187. The van der Waals surface area contributed by atoms with Crippen molar-refractivity contribution in [1.82, 2.24) is 29.5 Å². The fourth-order valence-corrected chi connectivity index (χ4v) is 3.77. The number of fused-ring (bicyclic) bond motifs is 1. The highest BCUT2D eigenvalue weighted by Gasteiger charge is 2.16. The quantitative estimate of drug-likeness (QED) is 0.436. The van der Waals surface area contributed by atoms with E-state index in [9.17, 15) is 10.1 Å². The van der Waals surface area contributed by atoms with Crippen molar-refractivity contribution in [3.8, 4) is 28.5 Å². The summed E-state index contributed by atoms with van der Waals surface area (Å²) in [6.07, 6.45) is 11.5. The summed E-state index contributed by atoms with van der Waals surface area (Å²) in [7, 11) is 0. The molecule has 0 aliphatic carbocycles. The molecule has 1 amide bonds. The number of nitriles is 1. The van der Waals surface area contributed by atoms with Gasteiger partial charge in [0.25, 0.3) is 0 Å². The number of pyridine rings is 3. The summed E-state index contributed by atoms with van der Waals surface area (Å²) in [5.41, 5.74) is 5.10. The summed E-state index contributed by atoms with van der Waals surface area (Å²) in [5, 5.41) is 13.2. The molecule has 0 aromatic carbocycles. The molecular formula is C25H18N8O.